The molecule has 2 N–H and O–H groups in total. The van der Waals surface area contributed by atoms with Gasteiger partial charge in [0.2, 0.25) is 0 Å². The van der Waals surface area contributed by atoms with Gasteiger partial charge in [-0.05, 0) is 12.1 Å². The summed E-state index contributed by atoms with van der Waals surface area (Å²) in [6.45, 7) is 0.355. The molecule has 86 valence electrons. The van der Waals surface area contributed by atoms with Crippen molar-refractivity contribution in [1.29, 1.82) is 0 Å². The Morgan fingerprint density at radius 3 is 2.76 bits per heavy atom. The van der Waals surface area contributed by atoms with Crippen molar-refractivity contribution in [2.75, 3.05) is 5.32 Å². The maximum Gasteiger partial charge on any atom is 0.339 e. The number of aromatic carboxylic acids is 1. The third-order valence-corrected chi connectivity index (χ3v) is 2.26. The summed E-state index contributed by atoms with van der Waals surface area (Å²) in [5.41, 5.74) is 1.51. The van der Waals surface area contributed by atoms with Gasteiger partial charge in [-0.25, -0.2) is 14.8 Å². The molecule has 0 aliphatic rings. The van der Waals surface area contributed by atoms with Crippen LogP contribution in [0.2, 0.25) is 0 Å². The number of hydrogen-bond acceptors (Lipinski definition) is 4. The number of aromatic nitrogens is 2. The van der Waals surface area contributed by atoms with Gasteiger partial charge in [-0.2, -0.15) is 0 Å². The lowest BCUT2D eigenvalue weighted by atomic mass is 10.2. The van der Waals surface area contributed by atoms with Gasteiger partial charge in [0.15, 0.2) is 0 Å². The van der Waals surface area contributed by atoms with Crippen LogP contribution in [0.1, 0.15) is 16.1 Å². The number of carboxylic acids is 1. The van der Waals surface area contributed by atoms with E-state index in [4.69, 9.17) is 5.11 Å². The third kappa shape index (κ3) is 2.78. The molecule has 0 bridgehead atoms. The number of anilines is 1. The fourth-order valence-corrected chi connectivity index (χ4v) is 1.42. The van der Waals surface area contributed by atoms with E-state index in [0.717, 1.165) is 5.69 Å². The van der Waals surface area contributed by atoms with Crippen molar-refractivity contribution in [3.8, 4) is 0 Å². The molecule has 5 heteroatoms. The molecule has 0 atom stereocenters. The van der Waals surface area contributed by atoms with Crippen molar-refractivity contribution in [2.45, 2.75) is 6.54 Å². The predicted octanol–water partition coefficient (Wildman–Crippen LogP) is 1.79. The molecule has 0 fully saturated rings. The van der Waals surface area contributed by atoms with Gasteiger partial charge < -0.3 is 10.4 Å². The third-order valence-electron chi connectivity index (χ3n) is 2.26. The maximum absolute atomic E-state index is 10.9. The van der Waals surface area contributed by atoms with Crippen molar-refractivity contribution in [2.24, 2.45) is 0 Å². The van der Waals surface area contributed by atoms with Crippen molar-refractivity contribution in [1.82, 2.24) is 9.97 Å². The zero-order valence-electron chi connectivity index (χ0n) is 9.00. The Morgan fingerprint density at radius 1 is 1.29 bits per heavy atom. The van der Waals surface area contributed by atoms with Gasteiger partial charge in [-0.3, -0.25) is 0 Å². The number of carboxylic acid groups (broad SMARTS) is 1. The second kappa shape index (κ2) is 5.07. The fourth-order valence-electron chi connectivity index (χ4n) is 1.42. The highest BCUT2D eigenvalue weighted by Gasteiger charge is 2.10. The number of benzene rings is 1. The molecule has 0 amide bonds. The summed E-state index contributed by atoms with van der Waals surface area (Å²) < 4.78 is 0. The number of para-hydroxylation sites is 1. The van der Waals surface area contributed by atoms with Crippen molar-refractivity contribution < 1.29 is 9.90 Å². The summed E-state index contributed by atoms with van der Waals surface area (Å²) in [6.07, 6.45) is 2.64. The summed E-state index contributed by atoms with van der Waals surface area (Å²) in [6, 6.07) is 9.53. The van der Waals surface area contributed by atoms with E-state index in [-0.39, 0.29) is 5.56 Å². The van der Waals surface area contributed by atoms with Gasteiger partial charge in [-0.15, -0.1) is 0 Å². The van der Waals surface area contributed by atoms with Crippen LogP contribution < -0.4 is 5.32 Å². The molecule has 0 aliphatic heterocycles. The van der Waals surface area contributed by atoms with E-state index in [2.05, 4.69) is 15.3 Å². The lowest BCUT2D eigenvalue weighted by molar-refractivity contribution is 0.0694. The summed E-state index contributed by atoms with van der Waals surface area (Å²) in [5, 5.41) is 12.1. The average Bonchev–Trinajstić information content (AvgIpc) is 2.38. The van der Waals surface area contributed by atoms with Crippen LogP contribution in [0.5, 0.6) is 0 Å². The van der Waals surface area contributed by atoms with Gasteiger partial charge in [0.1, 0.15) is 11.9 Å². The highest BCUT2D eigenvalue weighted by Crippen LogP contribution is 2.09. The van der Waals surface area contributed by atoms with Crippen molar-refractivity contribution >= 4 is 11.7 Å². The first-order valence-electron chi connectivity index (χ1n) is 5.08. The first kappa shape index (κ1) is 11.1. The Morgan fingerprint density at radius 2 is 2.06 bits per heavy atom. The standard InChI is InChI=1S/C12H11N3O2/c16-12(17)10-6-13-8-15-11(10)7-14-9-4-2-1-3-5-9/h1-6,8,14H,7H2,(H,16,17). The van der Waals surface area contributed by atoms with Crippen LogP contribution in [0.4, 0.5) is 5.69 Å². The van der Waals surface area contributed by atoms with Crippen LogP contribution in [0.25, 0.3) is 0 Å². The van der Waals surface area contributed by atoms with E-state index in [1.165, 1.54) is 12.5 Å². The van der Waals surface area contributed by atoms with Gasteiger partial charge in [0.25, 0.3) is 0 Å². The summed E-state index contributed by atoms with van der Waals surface area (Å²) >= 11 is 0. The lowest BCUT2D eigenvalue weighted by Gasteiger charge is -2.07. The first-order valence-corrected chi connectivity index (χ1v) is 5.08. The molecular weight excluding hydrogens is 218 g/mol. The zero-order chi connectivity index (χ0) is 12.1. The second-order valence-corrected chi connectivity index (χ2v) is 3.41. The Balaban J connectivity index is 2.12. The highest BCUT2D eigenvalue weighted by molar-refractivity contribution is 5.88. The van der Waals surface area contributed by atoms with Crippen LogP contribution in [-0.2, 0) is 6.54 Å². The Labute approximate surface area is 98.2 Å². The summed E-state index contributed by atoms with van der Waals surface area (Å²) in [7, 11) is 0. The minimum Gasteiger partial charge on any atom is -0.478 e. The maximum atomic E-state index is 10.9. The molecule has 0 saturated heterocycles. The van der Waals surface area contributed by atoms with E-state index < -0.39 is 5.97 Å². The van der Waals surface area contributed by atoms with Crippen LogP contribution in [-0.4, -0.2) is 21.0 Å². The number of carbonyl (C=O) groups is 1. The average molecular weight is 229 g/mol. The zero-order valence-corrected chi connectivity index (χ0v) is 9.00. The lowest BCUT2D eigenvalue weighted by Crippen LogP contribution is -2.09. The van der Waals surface area contributed by atoms with E-state index in [0.29, 0.717) is 12.2 Å². The van der Waals surface area contributed by atoms with Crippen LogP contribution in [0, 0.1) is 0 Å². The summed E-state index contributed by atoms with van der Waals surface area (Å²) in [5.74, 6) is -1.02. The molecule has 0 saturated carbocycles. The molecule has 2 rings (SSSR count). The Hall–Kier alpha value is -2.43. The first-order chi connectivity index (χ1) is 8.27. The quantitative estimate of drug-likeness (QED) is 0.835. The van der Waals surface area contributed by atoms with Gasteiger partial charge in [0.05, 0.1) is 12.2 Å². The van der Waals surface area contributed by atoms with E-state index >= 15 is 0 Å². The number of hydrogen-bond donors (Lipinski definition) is 2. The van der Waals surface area contributed by atoms with E-state index in [1.54, 1.807) is 0 Å². The highest BCUT2D eigenvalue weighted by atomic mass is 16.4. The van der Waals surface area contributed by atoms with Gasteiger partial charge in [0, 0.05) is 11.9 Å². The molecule has 2 aromatic rings. The Bertz CT molecular complexity index is 514. The van der Waals surface area contributed by atoms with Gasteiger partial charge >= 0.3 is 5.97 Å². The fraction of sp³-hybridized carbons (Fsp3) is 0.0833. The van der Waals surface area contributed by atoms with Crippen LogP contribution >= 0.6 is 0 Å². The SMILES string of the molecule is O=C(O)c1cncnc1CNc1ccccc1. The second-order valence-electron chi connectivity index (χ2n) is 3.41. The van der Waals surface area contributed by atoms with Crippen LogP contribution in [0.15, 0.2) is 42.9 Å². The molecular formula is C12H11N3O2. The van der Waals surface area contributed by atoms with E-state index in [1.807, 2.05) is 30.3 Å². The molecule has 1 aromatic heterocycles. The number of nitrogens with one attached hydrogen (secondary N) is 1. The molecule has 5 nitrogen and oxygen atoms in total. The van der Waals surface area contributed by atoms with E-state index in [9.17, 15) is 4.79 Å². The normalized spacial score (nSPS) is 9.88. The van der Waals surface area contributed by atoms with Crippen LogP contribution in [0.3, 0.4) is 0 Å². The number of nitrogens with zero attached hydrogens (tertiary/aromatic N) is 2. The minimum atomic E-state index is -1.02. The largest absolute Gasteiger partial charge is 0.478 e. The molecule has 1 aromatic carbocycles. The Kier molecular flexibility index (Phi) is 3.30. The molecule has 0 radical (unpaired) electrons. The molecule has 0 spiro atoms. The topological polar surface area (TPSA) is 75.1 Å². The van der Waals surface area contributed by atoms with Crippen molar-refractivity contribution in [3.05, 3.63) is 54.1 Å². The van der Waals surface area contributed by atoms with Crippen molar-refractivity contribution in [3.63, 3.8) is 0 Å². The monoisotopic (exact) mass is 229 g/mol. The molecule has 0 unspecified atom stereocenters. The summed E-state index contributed by atoms with van der Waals surface area (Å²) in [4.78, 5) is 18.6. The molecule has 1 heterocycles. The predicted molar refractivity (Wildman–Crippen MR) is 62.8 cm³/mol. The molecule has 17 heavy (non-hydrogen) atoms. The van der Waals surface area contributed by atoms with Gasteiger partial charge in [-0.1, -0.05) is 18.2 Å². The smallest absolute Gasteiger partial charge is 0.339 e. The number of rotatable bonds is 4. The molecule has 0 aliphatic carbocycles. The minimum absolute atomic E-state index is 0.121.